The summed E-state index contributed by atoms with van der Waals surface area (Å²) in [4.78, 5) is 17.1. The molecule has 1 aromatic carbocycles. The van der Waals surface area contributed by atoms with Crippen LogP contribution in [0.3, 0.4) is 0 Å². The number of nitrogens with zero attached hydrogens (tertiary/aromatic N) is 4. The number of likely N-dealkylation sites (tertiary alicyclic amines) is 2. The number of carbonyl (C=O) groups excluding carboxylic acids is 1. The third-order valence-corrected chi connectivity index (χ3v) is 6.86. The number of benzene rings is 1. The summed E-state index contributed by atoms with van der Waals surface area (Å²) in [6.07, 6.45) is 6.66. The highest BCUT2D eigenvalue weighted by atomic mass is 35.5. The molecule has 2 aromatic rings. The van der Waals surface area contributed by atoms with E-state index in [0.29, 0.717) is 13.1 Å². The standard InChI is InChI=1S/C20H26ClN5O3S/c1-30(28,29)23-18-6-11-26(22-18)19(27)24-12-8-20(9-13-24)7-3-10-25(20)15-16-4-2-5-17(21)14-16/h2,4-6,11,14H,3,7-10,12-13,15H2,1H3,(H,22,23). The largest absolute Gasteiger partial charge is 0.344 e. The van der Waals surface area contributed by atoms with Gasteiger partial charge in [0.05, 0.1) is 6.26 Å². The molecule has 8 nitrogen and oxygen atoms in total. The van der Waals surface area contributed by atoms with E-state index in [1.807, 2.05) is 18.2 Å². The molecule has 3 heterocycles. The van der Waals surface area contributed by atoms with Gasteiger partial charge in [0.2, 0.25) is 10.0 Å². The van der Waals surface area contributed by atoms with E-state index < -0.39 is 10.0 Å². The quantitative estimate of drug-likeness (QED) is 0.772. The fourth-order valence-electron chi connectivity index (χ4n) is 4.60. The molecule has 0 radical (unpaired) electrons. The van der Waals surface area contributed by atoms with Crippen molar-refractivity contribution >= 4 is 33.5 Å². The zero-order valence-electron chi connectivity index (χ0n) is 16.9. The minimum absolute atomic E-state index is 0.117. The molecule has 2 saturated heterocycles. The van der Waals surface area contributed by atoms with Gasteiger partial charge in [0.15, 0.2) is 5.82 Å². The average Bonchev–Trinajstić information content (AvgIpc) is 3.28. The molecule has 1 spiro atoms. The lowest BCUT2D eigenvalue weighted by Crippen LogP contribution is -2.53. The maximum Gasteiger partial charge on any atom is 0.344 e. The van der Waals surface area contributed by atoms with Crippen molar-refractivity contribution in [3.8, 4) is 0 Å². The first kappa shape index (κ1) is 21.1. The molecule has 1 amide bonds. The highest BCUT2D eigenvalue weighted by Gasteiger charge is 2.43. The van der Waals surface area contributed by atoms with Gasteiger partial charge in [-0.15, -0.1) is 5.10 Å². The minimum Gasteiger partial charge on any atom is -0.323 e. The van der Waals surface area contributed by atoms with Crippen LogP contribution < -0.4 is 4.72 Å². The molecule has 30 heavy (non-hydrogen) atoms. The highest BCUT2D eigenvalue weighted by molar-refractivity contribution is 7.92. The second-order valence-electron chi connectivity index (χ2n) is 8.17. The number of nitrogens with one attached hydrogen (secondary N) is 1. The first-order valence-electron chi connectivity index (χ1n) is 10.1. The van der Waals surface area contributed by atoms with Crippen LogP contribution in [0.25, 0.3) is 0 Å². The van der Waals surface area contributed by atoms with E-state index in [1.54, 1.807) is 4.90 Å². The summed E-state index contributed by atoms with van der Waals surface area (Å²) in [7, 11) is -3.43. The number of hydrogen-bond acceptors (Lipinski definition) is 5. The smallest absolute Gasteiger partial charge is 0.323 e. The molecule has 0 unspecified atom stereocenters. The number of carbonyl (C=O) groups is 1. The number of piperidine rings is 1. The second kappa shape index (κ2) is 8.20. The third-order valence-electron chi connectivity index (χ3n) is 6.04. The summed E-state index contributed by atoms with van der Waals surface area (Å²) in [5, 5.41) is 4.81. The molecule has 0 aliphatic carbocycles. The monoisotopic (exact) mass is 451 g/mol. The third kappa shape index (κ3) is 4.63. The molecule has 0 bridgehead atoms. The van der Waals surface area contributed by atoms with Crippen LogP contribution in [0.5, 0.6) is 0 Å². The Hall–Kier alpha value is -2.10. The normalized spacial score (nSPS) is 19.3. The zero-order chi connectivity index (χ0) is 21.4. The number of halogens is 1. The molecule has 0 atom stereocenters. The Morgan fingerprint density at radius 1 is 1.20 bits per heavy atom. The summed E-state index contributed by atoms with van der Waals surface area (Å²) in [6, 6.07) is 9.25. The number of aromatic nitrogens is 2. The van der Waals surface area contributed by atoms with E-state index in [9.17, 15) is 13.2 Å². The minimum atomic E-state index is -3.43. The maximum absolute atomic E-state index is 12.8. The number of rotatable bonds is 4. The summed E-state index contributed by atoms with van der Waals surface area (Å²) >= 11 is 6.15. The molecule has 162 valence electrons. The van der Waals surface area contributed by atoms with Crippen LogP contribution in [0.2, 0.25) is 5.02 Å². The van der Waals surface area contributed by atoms with E-state index in [-0.39, 0.29) is 17.4 Å². The van der Waals surface area contributed by atoms with Crippen LogP contribution in [0.1, 0.15) is 31.2 Å². The molecule has 10 heteroatoms. The molecule has 2 aliphatic heterocycles. The first-order valence-corrected chi connectivity index (χ1v) is 12.3. The van der Waals surface area contributed by atoms with Crippen molar-refractivity contribution in [3.05, 3.63) is 47.1 Å². The predicted molar refractivity (Wildman–Crippen MR) is 116 cm³/mol. The van der Waals surface area contributed by atoms with Crippen molar-refractivity contribution < 1.29 is 13.2 Å². The Labute approximate surface area is 181 Å². The van der Waals surface area contributed by atoms with Gasteiger partial charge in [-0.3, -0.25) is 9.62 Å². The van der Waals surface area contributed by atoms with Gasteiger partial charge in [0.1, 0.15) is 0 Å². The summed E-state index contributed by atoms with van der Waals surface area (Å²) < 4.78 is 26.2. The molecular formula is C20H26ClN5O3S. The average molecular weight is 452 g/mol. The lowest BCUT2D eigenvalue weighted by molar-refractivity contribution is 0.0585. The zero-order valence-corrected chi connectivity index (χ0v) is 18.5. The van der Waals surface area contributed by atoms with Crippen molar-refractivity contribution in [1.29, 1.82) is 0 Å². The number of sulfonamides is 1. The van der Waals surface area contributed by atoms with Gasteiger partial charge < -0.3 is 4.90 Å². The fraction of sp³-hybridized carbons (Fsp3) is 0.500. The van der Waals surface area contributed by atoms with Crippen molar-refractivity contribution in [2.45, 2.75) is 37.8 Å². The Bertz CT molecular complexity index is 1030. The lowest BCUT2D eigenvalue weighted by atomic mass is 9.85. The van der Waals surface area contributed by atoms with Crippen LogP contribution in [0.15, 0.2) is 36.5 Å². The SMILES string of the molecule is CS(=O)(=O)Nc1ccn(C(=O)N2CCC3(CCCN3Cc3cccc(Cl)c3)CC2)n1. The van der Waals surface area contributed by atoms with Crippen LogP contribution in [-0.4, -0.2) is 65.5 Å². The van der Waals surface area contributed by atoms with E-state index in [4.69, 9.17) is 11.6 Å². The van der Waals surface area contributed by atoms with E-state index >= 15 is 0 Å². The van der Waals surface area contributed by atoms with Gasteiger partial charge in [0, 0.05) is 42.5 Å². The summed E-state index contributed by atoms with van der Waals surface area (Å²) in [5.41, 5.74) is 1.33. The van der Waals surface area contributed by atoms with Gasteiger partial charge in [-0.25, -0.2) is 13.2 Å². The Balaban J connectivity index is 1.39. The van der Waals surface area contributed by atoms with E-state index in [0.717, 1.165) is 50.1 Å². The Morgan fingerprint density at radius 2 is 1.97 bits per heavy atom. The Morgan fingerprint density at radius 3 is 2.67 bits per heavy atom. The van der Waals surface area contributed by atoms with Gasteiger partial charge in [-0.2, -0.15) is 4.68 Å². The van der Waals surface area contributed by atoms with Crippen molar-refractivity contribution in [2.24, 2.45) is 0 Å². The lowest BCUT2D eigenvalue weighted by Gasteiger charge is -2.45. The van der Waals surface area contributed by atoms with E-state index in [1.165, 1.54) is 22.5 Å². The van der Waals surface area contributed by atoms with Crippen molar-refractivity contribution in [2.75, 3.05) is 30.6 Å². The van der Waals surface area contributed by atoms with Crippen LogP contribution in [0, 0.1) is 0 Å². The predicted octanol–water partition coefficient (Wildman–Crippen LogP) is 3.01. The number of anilines is 1. The fourth-order valence-corrected chi connectivity index (χ4v) is 5.30. The van der Waals surface area contributed by atoms with Crippen LogP contribution >= 0.6 is 11.6 Å². The van der Waals surface area contributed by atoms with Crippen LogP contribution in [-0.2, 0) is 16.6 Å². The van der Waals surface area contributed by atoms with E-state index in [2.05, 4.69) is 20.8 Å². The first-order chi connectivity index (χ1) is 14.2. The summed E-state index contributed by atoms with van der Waals surface area (Å²) in [5.74, 6) is 0.141. The molecule has 1 N–H and O–H groups in total. The van der Waals surface area contributed by atoms with Gasteiger partial charge in [-0.05, 0) is 49.9 Å². The van der Waals surface area contributed by atoms with Gasteiger partial charge in [0.25, 0.3) is 0 Å². The molecule has 4 rings (SSSR count). The molecule has 1 aromatic heterocycles. The van der Waals surface area contributed by atoms with Crippen LogP contribution in [0.4, 0.5) is 10.6 Å². The van der Waals surface area contributed by atoms with Crippen molar-refractivity contribution in [1.82, 2.24) is 19.6 Å². The molecular weight excluding hydrogens is 426 g/mol. The molecule has 0 saturated carbocycles. The van der Waals surface area contributed by atoms with Gasteiger partial charge in [-0.1, -0.05) is 23.7 Å². The topological polar surface area (TPSA) is 87.5 Å². The van der Waals surface area contributed by atoms with Crippen molar-refractivity contribution in [3.63, 3.8) is 0 Å². The van der Waals surface area contributed by atoms with Gasteiger partial charge >= 0.3 is 6.03 Å². The molecule has 2 fully saturated rings. The maximum atomic E-state index is 12.8. The summed E-state index contributed by atoms with van der Waals surface area (Å²) in [6.45, 7) is 3.23. The number of amides is 1. The highest BCUT2D eigenvalue weighted by Crippen LogP contribution is 2.39. The Kier molecular flexibility index (Phi) is 5.78. The second-order valence-corrected chi connectivity index (χ2v) is 10.4. The molecule has 2 aliphatic rings. The number of hydrogen-bond donors (Lipinski definition) is 1.